The molecule has 258 valence electrons. The highest BCUT2D eigenvalue weighted by Crippen LogP contribution is 2.44. The molecule has 0 bridgehead atoms. The van der Waals surface area contributed by atoms with Crippen LogP contribution in [0.3, 0.4) is 0 Å². The first-order valence-electron chi connectivity index (χ1n) is 19.0. The normalized spacial score (nSPS) is 12.8. The van der Waals surface area contributed by atoms with Crippen LogP contribution in [0.1, 0.15) is 76.0 Å². The maximum Gasteiger partial charge on any atom is 0.248 e. The van der Waals surface area contributed by atoms with E-state index in [9.17, 15) is 0 Å². The van der Waals surface area contributed by atoms with Crippen LogP contribution in [-0.4, -0.2) is 21.7 Å². The van der Waals surface area contributed by atoms with Crippen molar-refractivity contribution in [1.29, 1.82) is 0 Å². The maximum atomic E-state index is 5.22. The van der Waals surface area contributed by atoms with E-state index in [0.717, 1.165) is 16.7 Å². The monoisotopic (exact) mass is 686 g/mol. The molecule has 5 heteroatoms. The van der Waals surface area contributed by atoms with Crippen molar-refractivity contribution in [3.63, 3.8) is 0 Å². The molecule has 4 nitrogen and oxygen atoms in total. The van der Waals surface area contributed by atoms with Crippen LogP contribution in [0.4, 0.5) is 17.1 Å². The Morgan fingerprint density at radius 3 is 1.58 bits per heavy atom. The van der Waals surface area contributed by atoms with Crippen molar-refractivity contribution in [3.8, 4) is 45.3 Å². The summed E-state index contributed by atoms with van der Waals surface area (Å²) in [5.74, 6) is 3.21. The summed E-state index contributed by atoms with van der Waals surface area (Å²) in [6, 6.07) is 48.6. The van der Waals surface area contributed by atoms with E-state index in [1.807, 2.05) is 36.4 Å². The van der Waals surface area contributed by atoms with Gasteiger partial charge < -0.3 is 4.90 Å². The average Bonchev–Trinajstić information content (AvgIpc) is 3.52. The highest BCUT2D eigenvalue weighted by molar-refractivity contribution is 7.01. The van der Waals surface area contributed by atoms with Gasteiger partial charge in [0, 0.05) is 33.8 Å². The second-order valence-electron chi connectivity index (χ2n) is 15.5. The van der Waals surface area contributed by atoms with E-state index in [4.69, 9.17) is 15.0 Å². The summed E-state index contributed by atoms with van der Waals surface area (Å²) in [6.45, 7) is 13.8. The Balaban J connectivity index is 1.36. The Hall–Kier alpha value is -5.81. The molecular weight excluding hydrogens is 643 g/mol. The fourth-order valence-electron chi connectivity index (χ4n) is 8.10. The van der Waals surface area contributed by atoms with E-state index < -0.39 is 0 Å². The van der Waals surface area contributed by atoms with Gasteiger partial charge in [-0.3, -0.25) is 0 Å². The minimum Gasteiger partial charge on any atom is -0.311 e. The summed E-state index contributed by atoms with van der Waals surface area (Å²) in [5, 5.41) is 0. The highest BCUT2D eigenvalue weighted by Gasteiger charge is 2.43. The smallest absolute Gasteiger partial charge is 0.248 e. The Morgan fingerprint density at radius 2 is 0.981 bits per heavy atom. The molecule has 0 radical (unpaired) electrons. The van der Waals surface area contributed by atoms with Crippen LogP contribution in [-0.2, 0) is 0 Å². The number of rotatable bonds is 7. The van der Waals surface area contributed by atoms with Crippen molar-refractivity contribution in [3.05, 3.63) is 150 Å². The van der Waals surface area contributed by atoms with Gasteiger partial charge in [0.1, 0.15) is 0 Å². The van der Waals surface area contributed by atoms with E-state index >= 15 is 0 Å². The Morgan fingerprint density at radius 1 is 0.434 bits per heavy atom. The fourth-order valence-corrected chi connectivity index (χ4v) is 8.10. The molecule has 7 aromatic rings. The molecule has 9 rings (SSSR count). The van der Waals surface area contributed by atoms with Gasteiger partial charge in [-0.05, 0) is 86.8 Å². The first kappa shape index (κ1) is 33.1. The lowest BCUT2D eigenvalue weighted by Crippen LogP contribution is -2.54. The summed E-state index contributed by atoms with van der Waals surface area (Å²) in [7, 11) is 0. The summed E-state index contributed by atoms with van der Waals surface area (Å²) in [4.78, 5) is 18.0. The van der Waals surface area contributed by atoms with E-state index in [0.29, 0.717) is 35.2 Å². The van der Waals surface area contributed by atoms with Gasteiger partial charge in [-0.1, -0.05) is 150 Å². The van der Waals surface area contributed by atoms with E-state index in [-0.39, 0.29) is 6.71 Å². The number of aromatic nitrogens is 3. The molecular formula is C48H43BN4. The van der Waals surface area contributed by atoms with Crippen molar-refractivity contribution in [2.75, 3.05) is 4.90 Å². The fraction of sp³-hybridized carbons (Fsp3) is 0.188. The van der Waals surface area contributed by atoms with Gasteiger partial charge in [0.15, 0.2) is 17.5 Å². The second kappa shape index (κ2) is 13.0. The third kappa shape index (κ3) is 5.67. The van der Waals surface area contributed by atoms with Crippen LogP contribution in [0.25, 0.3) is 45.3 Å². The van der Waals surface area contributed by atoms with Crippen molar-refractivity contribution in [2.45, 2.75) is 59.3 Å². The molecule has 2 aliphatic heterocycles. The molecule has 1 aromatic heterocycles. The number of nitrogens with zero attached hydrogens (tertiary/aromatic N) is 4. The van der Waals surface area contributed by atoms with Gasteiger partial charge in [0.25, 0.3) is 0 Å². The van der Waals surface area contributed by atoms with Crippen LogP contribution in [0, 0.1) is 0 Å². The lowest BCUT2D eigenvalue weighted by Gasteiger charge is -2.37. The number of benzene rings is 6. The predicted octanol–water partition coefficient (Wildman–Crippen LogP) is 10.5. The van der Waals surface area contributed by atoms with Gasteiger partial charge in [-0.25, -0.2) is 15.0 Å². The van der Waals surface area contributed by atoms with E-state index in [1.165, 1.54) is 61.3 Å². The van der Waals surface area contributed by atoms with Gasteiger partial charge in [0.05, 0.1) is 0 Å². The van der Waals surface area contributed by atoms with Crippen molar-refractivity contribution < 1.29 is 0 Å². The van der Waals surface area contributed by atoms with Crippen LogP contribution >= 0.6 is 0 Å². The van der Waals surface area contributed by atoms with Crippen LogP contribution in [0.5, 0.6) is 0 Å². The molecule has 0 unspecified atom stereocenters. The zero-order valence-electron chi connectivity index (χ0n) is 31.3. The molecule has 0 N–H and O–H groups in total. The first-order valence-corrected chi connectivity index (χ1v) is 19.0. The van der Waals surface area contributed by atoms with Crippen molar-refractivity contribution >= 4 is 40.2 Å². The minimum absolute atomic E-state index is 0.129. The van der Waals surface area contributed by atoms with Crippen LogP contribution in [0.15, 0.2) is 133 Å². The first-order chi connectivity index (χ1) is 25.7. The quantitative estimate of drug-likeness (QED) is 0.157. The van der Waals surface area contributed by atoms with Crippen LogP contribution in [0.2, 0.25) is 0 Å². The molecule has 0 fully saturated rings. The Bertz CT molecular complexity index is 2450. The third-order valence-corrected chi connectivity index (χ3v) is 11.1. The SMILES string of the molecule is CC(C)c1cccc(N2c3cc(C(C)C)ccc3B3c4ccc(C(C)C)cc4-c4cc(-c5nc(-c6ccccc6)nc(-c6ccccc6)n5)cc2c43)c1. The molecule has 2 aliphatic rings. The molecule has 0 saturated heterocycles. The van der Waals surface area contributed by atoms with Gasteiger partial charge in [-0.2, -0.15) is 0 Å². The van der Waals surface area contributed by atoms with E-state index in [1.54, 1.807) is 0 Å². The lowest BCUT2D eigenvalue weighted by molar-refractivity contribution is 0.865. The third-order valence-electron chi connectivity index (χ3n) is 11.1. The average molecular weight is 687 g/mol. The Kier molecular flexibility index (Phi) is 8.11. The topological polar surface area (TPSA) is 41.9 Å². The number of fused-ring (bicyclic) bond motifs is 5. The zero-order chi connectivity index (χ0) is 36.4. The summed E-state index contributed by atoms with van der Waals surface area (Å²) < 4.78 is 0. The Labute approximate surface area is 313 Å². The van der Waals surface area contributed by atoms with Gasteiger partial charge in [-0.15, -0.1) is 0 Å². The zero-order valence-corrected chi connectivity index (χ0v) is 31.3. The molecule has 6 aromatic carbocycles. The summed E-state index contributed by atoms with van der Waals surface area (Å²) in [6.07, 6.45) is 0. The predicted molar refractivity (Wildman–Crippen MR) is 223 cm³/mol. The van der Waals surface area contributed by atoms with Gasteiger partial charge >= 0.3 is 0 Å². The molecule has 0 spiro atoms. The van der Waals surface area contributed by atoms with Gasteiger partial charge in [0.2, 0.25) is 6.71 Å². The second-order valence-corrected chi connectivity index (χ2v) is 15.5. The summed E-state index contributed by atoms with van der Waals surface area (Å²) >= 11 is 0. The number of hydrogen-bond acceptors (Lipinski definition) is 4. The molecule has 0 aliphatic carbocycles. The number of anilines is 3. The summed E-state index contributed by atoms with van der Waals surface area (Å²) in [5.41, 5.74) is 17.1. The lowest BCUT2D eigenvalue weighted by atomic mass is 9.37. The van der Waals surface area contributed by atoms with Crippen LogP contribution < -0.4 is 21.3 Å². The molecule has 0 saturated carbocycles. The van der Waals surface area contributed by atoms with Crippen molar-refractivity contribution in [1.82, 2.24) is 15.0 Å². The highest BCUT2D eigenvalue weighted by atomic mass is 15.2. The molecule has 0 amide bonds. The minimum atomic E-state index is 0.129. The van der Waals surface area contributed by atoms with E-state index in [2.05, 4.69) is 144 Å². The number of hydrogen-bond donors (Lipinski definition) is 0. The largest absolute Gasteiger partial charge is 0.311 e. The molecule has 3 heterocycles. The molecule has 53 heavy (non-hydrogen) atoms. The standard InChI is InChI=1S/C48H43BN4/c1-29(2)34-18-13-19-38(24-34)53-43-27-36(31(5)6)21-23-42(43)49-41-22-20-35(30(3)4)25-39(41)40-26-37(28-44(53)45(40)49)48-51-46(32-14-9-7-10-15-32)50-47(52-48)33-16-11-8-12-17-33/h7-31H,1-6H3. The molecule has 0 atom stereocenters. The van der Waals surface area contributed by atoms with Crippen molar-refractivity contribution in [2.24, 2.45) is 0 Å². The maximum absolute atomic E-state index is 5.22.